The van der Waals surface area contributed by atoms with Crippen molar-refractivity contribution in [1.82, 2.24) is 19.9 Å². The molecule has 10 heteroatoms. The van der Waals surface area contributed by atoms with Crippen LogP contribution in [-0.2, 0) is 10.9 Å². The summed E-state index contributed by atoms with van der Waals surface area (Å²) in [6, 6.07) is 4.45. The summed E-state index contributed by atoms with van der Waals surface area (Å²) in [5, 5.41) is 17.8. The summed E-state index contributed by atoms with van der Waals surface area (Å²) >= 11 is 0. The maximum Gasteiger partial charge on any atom is 0.416 e. The van der Waals surface area contributed by atoms with E-state index in [1.807, 2.05) is 20.8 Å². The van der Waals surface area contributed by atoms with Gasteiger partial charge in [0, 0.05) is 12.1 Å². The molecule has 2 aromatic rings. The van der Waals surface area contributed by atoms with Crippen molar-refractivity contribution in [2.45, 2.75) is 45.2 Å². The average molecular weight is 410 g/mol. The second kappa shape index (κ2) is 6.45. The number of benzene rings is 1. The van der Waals surface area contributed by atoms with Gasteiger partial charge in [-0.1, -0.05) is 38.1 Å². The maximum absolute atomic E-state index is 12.9. The second-order valence-corrected chi connectivity index (χ2v) is 8.52. The number of carboxylic acid groups (broad SMARTS) is 1. The van der Waals surface area contributed by atoms with E-state index in [0.717, 1.165) is 12.1 Å². The zero-order valence-electron chi connectivity index (χ0n) is 16.1. The van der Waals surface area contributed by atoms with E-state index in [2.05, 4.69) is 10.3 Å². The lowest BCUT2D eigenvalue weighted by Crippen LogP contribution is -2.39. The molecule has 1 aromatic heterocycles. The van der Waals surface area contributed by atoms with Crippen LogP contribution in [0.2, 0.25) is 0 Å². The van der Waals surface area contributed by atoms with Gasteiger partial charge in [0.1, 0.15) is 17.9 Å². The van der Waals surface area contributed by atoms with E-state index in [1.54, 1.807) is 4.68 Å². The van der Waals surface area contributed by atoms with Gasteiger partial charge >= 0.3 is 12.3 Å². The van der Waals surface area contributed by atoms with Crippen LogP contribution in [0.4, 0.5) is 18.0 Å². The first-order chi connectivity index (χ1) is 13.5. The fourth-order valence-corrected chi connectivity index (χ4v) is 3.95. The van der Waals surface area contributed by atoms with Gasteiger partial charge in [0.15, 0.2) is 0 Å². The molecule has 29 heavy (non-hydrogen) atoms. The largest absolute Gasteiger partial charge is 0.465 e. The van der Waals surface area contributed by atoms with Crippen LogP contribution in [0.1, 0.15) is 44.2 Å². The fourth-order valence-electron chi connectivity index (χ4n) is 3.95. The highest BCUT2D eigenvalue weighted by Gasteiger charge is 2.48. The average Bonchev–Trinajstić information content (AvgIpc) is 3.23. The molecule has 0 saturated carbocycles. The molecule has 3 heterocycles. The van der Waals surface area contributed by atoms with Gasteiger partial charge < -0.3 is 14.7 Å². The molecule has 1 unspecified atom stereocenters. The molecule has 1 aromatic carbocycles. The summed E-state index contributed by atoms with van der Waals surface area (Å²) in [7, 11) is 0. The normalized spacial score (nSPS) is 24.3. The molecule has 0 radical (unpaired) electrons. The van der Waals surface area contributed by atoms with E-state index < -0.39 is 23.9 Å². The van der Waals surface area contributed by atoms with Crippen molar-refractivity contribution in [2.24, 2.45) is 5.41 Å². The summed E-state index contributed by atoms with van der Waals surface area (Å²) in [5.74, 6) is 0. The number of ether oxygens (including phenoxy) is 1. The van der Waals surface area contributed by atoms with Gasteiger partial charge in [-0.3, -0.25) is 0 Å². The number of hydrogen-bond acceptors (Lipinski definition) is 4. The minimum Gasteiger partial charge on any atom is -0.465 e. The Labute approximate surface area is 165 Å². The number of amides is 1. The van der Waals surface area contributed by atoms with Gasteiger partial charge in [0.05, 0.1) is 23.8 Å². The number of fused-ring (bicyclic) bond motifs is 3. The van der Waals surface area contributed by atoms with Crippen LogP contribution in [0, 0.1) is 5.41 Å². The molecule has 1 amide bonds. The summed E-state index contributed by atoms with van der Waals surface area (Å²) < 4.78 is 46.7. The molecule has 0 aliphatic carbocycles. The number of halogens is 3. The van der Waals surface area contributed by atoms with Crippen molar-refractivity contribution in [3.05, 3.63) is 35.5 Å². The van der Waals surface area contributed by atoms with Crippen LogP contribution in [-0.4, -0.2) is 50.3 Å². The number of carbonyl (C=O) groups is 1. The third kappa shape index (κ3) is 3.35. The lowest BCUT2D eigenvalue weighted by molar-refractivity contribution is -0.137. The predicted molar refractivity (Wildman–Crippen MR) is 96.2 cm³/mol. The minimum atomic E-state index is -4.42. The van der Waals surface area contributed by atoms with E-state index in [1.165, 1.54) is 17.0 Å². The van der Waals surface area contributed by atoms with Gasteiger partial charge in [0.25, 0.3) is 0 Å². The topological polar surface area (TPSA) is 80.5 Å². The predicted octanol–water partition coefficient (Wildman–Crippen LogP) is 3.98. The van der Waals surface area contributed by atoms with Gasteiger partial charge in [-0.15, -0.1) is 5.10 Å². The molecule has 2 aliphatic heterocycles. The van der Waals surface area contributed by atoms with Gasteiger partial charge in [-0.05, 0) is 17.5 Å². The number of nitrogens with zero attached hydrogens (tertiary/aromatic N) is 4. The van der Waals surface area contributed by atoms with Crippen LogP contribution in [0.15, 0.2) is 24.3 Å². The number of likely N-dealkylation sites (tertiary alicyclic amines) is 1. The van der Waals surface area contributed by atoms with Crippen molar-refractivity contribution < 1.29 is 27.8 Å². The monoisotopic (exact) mass is 410 g/mol. The smallest absolute Gasteiger partial charge is 0.416 e. The molecule has 7 nitrogen and oxygen atoms in total. The van der Waals surface area contributed by atoms with Crippen LogP contribution in [0.25, 0.3) is 11.3 Å². The lowest BCUT2D eigenvalue weighted by Gasteiger charge is -2.39. The van der Waals surface area contributed by atoms with Crippen molar-refractivity contribution in [1.29, 1.82) is 0 Å². The summed E-state index contributed by atoms with van der Waals surface area (Å²) in [4.78, 5) is 12.7. The maximum atomic E-state index is 12.9. The Kier molecular flexibility index (Phi) is 4.38. The molecule has 3 atom stereocenters. The van der Waals surface area contributed by atoms with Gasteiger partial charge in [0.2, 0.25) is 0 Å². The third-order valence-electron chi connectivity index (χ3n) is 5.38. The van der Waals surface area contributed by atoms with E-state index >= 15 is 0 Å². The number of rotatable bonds is 1. The summed E-state index contributed by atoms with van der Waals surface area (Å²) in [5.41, 5.74) is 0.515. The van der Waals surface area contributed by atoms with Gasteiger partial charge in [-0.25, -0.2) is 9.48 Å². The zero-order valence-corrected chi connectivity index (χ0v) is 16.1. The Balaban J connectivity index is 1.78. The quantitative estimate of drug-likeness (QED) is 0.769. The first-order valence-electron chi connectivity index (χ1n) is 9.23. The van der Waals surface area contributed by atoms with Crippen molar-refractivity contribution >= 4 is 6.09 Å². The Hall–Kier alpha value is -2.62. The molecule has 1 saturated heterocycles. The van der Waals surface area contributed by atoms with Crippen LogP contribution in [0.3, 0.4) is 0 Å². The summed E-state index contributed by atoms with van der Waals surface area (Å²) in [6.07, 6.45) is -6.24. The number of alkyl halides is 3. The van der Waals surface area contributed by atoms with E-state index in [9.17, 15) is 23.1 Å². The fraction of sp³-hybridized carbons (Fsp3) is 0.526. The minimum absolute atomic E-state index is 0.222. The Morgan fingerprint density at radius 3 is 2.38 bits per heavy atom. The highest BCUT2D eigenvalue weighted by atomic mass is 19.4. The molecule has 1 fully saturated rings. The first kappa shape index (κ1) is 19.7. The molecule has 1 N–H and O–H groups in total. The highest BCUT2D eigenvalue weighted by Crippen LogP contribution is 2.47. The molecule has 4 rings (SSSR count). The summed E-state index contributed by atoms with van der Waals surface area (Å²) in [6.45, 7) is 6.41. The number of hydrogen-bond donors (Lipinski definition) is 1. The van der Waals surface area contributed by atoms with E-state index in [0.29, 0.717) is 17.0 Å². The third-order valence-corrected chi connectivity index (χ3v) is 5.38. The Morgan fingerprint density at radius 1 is 1.17 bits per heavy atom. The molecular formula is C19H21F3N4O3. The Bertz CT molecular complexity index is 934. The highest BCUT2D eigenvalue weighted by molar-refractivity contribution is 5.66. The Morgan fingerprint density at radius 2 is 1.83 bits per heavy atom. The molecule has 0 spiro atoms. The van der Waals surface area contributed by atoms with Crippen molar-refractivity contribution in [3.63, 3.8) is 0 Å². The zero-order chi connectivity index (χ0) is 21.1. The van der Waals surface area contributed by atoms with Crippen LogP contribution in [0.5, 0.6) is 0 Å². The van der Waals surface area contributed by atoms with Crippen molar-refractivity contribution in [2.75, 3.05) is 13.1 Å². The molecule has 2 aliphatic rings. The van der Waals surface area contributed by atoms with Crippen LogP contribution < -0.4 is 0 Å². The molecule has 156 valence electrons. The van der Waals surface area contributed by atoms with Crippen LogP contribution >= 0.6 is 0 Å². The molecule has 0 bridgehead atoms. The standard InChI is InChI=1S/C19H21F3N4O3/c1-18(2,3)16-15-14(10-4-6-11(7-5-10)19(20,21)22)23-24-26(15)12-8-25(17(27)28)9-13(12)29-16/h4-7,12-13,16H,8-9H2,1-3H3,(H,27,28)/t12-,13-,16?/m0/s1. The first-order valence-corrected chi connectivity index (χ1v) is 9.23. The number of aromatic nitrogens is 3. The van der Waals surface area contributed by atoms with E-state index in [4.69, 9.17) is 4.74 Å². The SMILES string of the molecule is CC(C)(C)C1O[C@H]2CN(C(=O)O)C[C@@H]2n2nnc(-c3ccc(C(F)(F)F)cc3)c21. The second-order valence-electron chi connectivity index (χ2n) is 8.52. The molecular weight excluding hydrogens is 389 g/mol. The van der Waals surface area contributed by atoms with E-state index in [-0.39, 0.29) is 30.7 Å². The van der Waals surface area contributed by atoms with Crippen molar-refractivity contribution in [3.8, 4) is 11.3 Å². The lowest BCUT2D eigenvalue weighted by atomic mass is 9.84. The van der Waals surface area contributed by atoms with Gasteiger partial charge in [-0.2, -0.15) is 13.2 Å².